The van der Waals surface area contributed by atoms with Crippen molar-refractivity contribution in [2.75, 3.05) is 6.54 Å². The minimum Gasteiger partial charge on any atom is -0.339 e. The van der Waals surface area contributed by atoms with Crippen LogP contribution in [0.15, 0.2) is 0 Å². The van der Waals surface area contributed by atoms with Gasteiger partial charge in [0, 0.05) is 24.3 Å². The molecule has 1 rings (SSSR count). The van der Waals surface area contributed by atoms with Crippen molar-refractivity contribution in [3.63, 3.8) is 0 Å². The zero-order chi connectivity index (χ0) is 7.72. The fourth-order valence-electron chi connectivity index (χ4n) is 1.21. The summed E-state index contributed by atoms with van der Waals surface area (Å²) >= 11 is 4.24. The molecule has 0 radical (unpaired) electrons. The molecular formula is C7H13NOS. The molecule has 1 atom stereocenters. The summed E-state index contributed by atoms with van der Waals surface area (Å²) in [5.41, 5.74) is 0. The van der Waals surface area contributed by atoms with Crippen molar-refractivity contribution in [3.8, 4) is 0 Å². The molecule has 0 bridgehead atoms. The molecule has 0 aromatic rings. The fraction of sp³-hybridized carbons (Fsp3) is 0.857. The fourth-order valence-corrected chi connectivity index (χ4v) is 1.54. The van der Waals surface area contributed by atoms with Gasteiger partial charge in [-0.3, -0.25) is 4.79 Å². The van der Waals surface area contributed by atoms with E-state index in [4.69, 9.17) is 0 Å². The van der Waals surface area contributed by atoms with Crippen LogP contribution in [0.1, 0.15) is 20.3 Å². The van der Waals surface area contributed by atoms with Gasteiger partial charge >= 0.3 is 0 Å². The van der Waals surface area contributed by atoms with Gasteiger partial charge < -0.3 is 4.90 Å². The van der Waals surface area contributed by atoms with Crippen molar-refractivity contribution in [2.24, 2.45) is 0 Å². The Morgan fingerprint density at radius 3 is 2.50 bits per heavy atom. The van der Waals surface area contributed by atoms with Crippen LogP contribution in [0.25, 0.3) is 0 Å². The SMILES string of the molecule is CC(C)N1CC(S)CC1=O. The number of likely N-dealkylation sites (tertiary alicyclic amines) is 1. The maximum absolute atomic E-state index is 11.1. The molecule has 1 aliphatic heterocycles. The van der Waals surface area contributed by atoms with Crippen molar-refractivity contribution < 1.29 is 4.79 Å². The van der Waals surface area contributed by atoms with Crippen molar-refractivity contribution in [3.05, 3.63) is 0 Å². The zero-order valence-corrected chi connectivity index (χ0v) is 7.27. The lowest BCUT2D eigenvalue weighted by Gasteiger charge is -2.19. The van der Waals surface area contributed by atoms with Gasteiger partial charge in [-0.05, 0) is 13.8 Å². The van der Waals surface area contributed by atoms with E-state index in [-0.39, 0.29) is 11.2 Å². The standard InChI is InChI=1S/C7H13NOS/c1-5(2)8-4-6(10)3-7(8)9/h5-6,10H,3-4H2,1-2H3. The molecule has 0 aromatic carbocycles. The number of hydrogen-bond donors (Lipinski definition) is 1. The maximum Gasteiger partial charge on any atom is 0.224 e. The third-order valence-corrected chi connectivity index (χ3v) is 2.11. The average molecular weight is 159 g/mol. The first-order valence-electron chi connectivity index (χ1n) is 3.59. The van der Waals surface area contributed by atoms with Crippen LogP contribution in [-0.4, -0.2) is 28.6 Å². The number of carbonyl (C=O) groups excluding carboxylic acids is 1. The van der Waals surface area contributed by atoms with Crippen LogP contribution in [0.4, 0.5) is 0 Å². The van der Waals surface area contributed by atoms with Crippen LogP contribution >= 0.6 is 12.6 Å². The molecule has 1 heterocycles. The Morgan fingerprint density at radius 2 is 2.30 bits per heavy atom. The van der Waals surface area contributed by atoms with Crippen molar-refractivity contribution in [1.29, 1.82) is 0 Å². The Balaban J connectivity index is 2.55. The molecule has 0 N–H and O–H groups in total. The molecule has 58 valence electrons. The van der Waals surface area contributed by atoms with Gasteiger partial charge in [0.2, 0.25) is 5.91 Å². The van der Waals surface area contributed by atoms with Gasteiger partial charge in [0.25, 0.3) is 0 Å². The molecule has 3 heteroatoms. The Hall–Kier alpha value is -0.180. The van der Waals surface area contributed by atoms with Crippen molar-refractivity contribution >= 4 is 18.5 Å². The minimum atomic E-state index is 0.245. The second-order valence-electron chi connectivity index (χ2n) is 3.00. The highest BCUT2D eigenvalue weighted by Gasteiger charge is 2.28. The van der Waals surface area contributed by atoms with Gasteiger partial charge in [-0.25, -0.2) is 0 Å². The number of rotatable bonds is 1. The zero-order valence-electron chi connectivity index (χ0n) is 6.37. The molecule has 0 saturated carbocycles. The molecule has 1 saturated heterocycles. The van der Waals surface area contributed by atoms with Gasteiger partial charge in [0.05, 0.1) is 0 Å². The number of carbonyl (C=O) groups is 1. The Kier molecular flexibility index (Phi) is 2.24. The minimum absolute atomic E-state index is 0.245. The maximum atomic E-state index is 11.1. The molecule has 1 amide bonds. The first kappa shape index (κ1) is 7.92. The predicted molar refractivity (Wildman–Crippen MR) is 44.2 cm³/mol. The summed E-state index contributed by atoms with van der Waals surface area (Å²) in [7, 11) is 0. The lowest BCUT2D eigenvalue weighted by atomic mass is 10.3. The Bertz CT molecular complexity index is 147. The van der Waals surface area contributed by atoms with E-state index in [1.807, 2.05) is 18.7 Å². The highest BCUT2D eigenvalue weighted by molar-refractivity contribution is 7.81. The molecule has 0 aromatic heterocycles. The first-order valence-corrected chi connectivity index (χ1v) is 4.10. The van der Waals surface area contributed by atoms with E-state index in [9.17, 15) is 4.79 Å². The topological polar surface area (TPSA) is 20.3 Å². The lowest BCUT2D eigenvalue weighted by molar-refractivity contribution is -0.129. The first-order chi connectivity index (χ1) is 4.61. The molecule has 2 nitrogen and oxygen atoms in total. The van der Waals surface area contributed by atoms with Gasteiger partial charge in [0.15, 0.2) is 0 Å². The monoisotopic (exact) mass is 159 g/mol. The molecule has 1 aliphatic rings. The normalized spacial score (nSPS) is 26.6. The van der Waals surface area contributed by atoms with Crippen LogP contribution in [0.3, 0.4) is 0 Å². The van der Waals surface area contributed by atoms with Crippen molar-refractivity contribution in [2.45, 2.75) is 31.6 Å². The van der Waals surface area contributed by atoms with Crippen LogP contribution < -0.4 is 0 Å². The highest BCUT2D eigenvalue weighted by atomic mass is 32.1. The summed E-state index contributed by atoms with van der Waals surface area (Å²) in [6.07, 6.45) is 0.612. The summed E-state index contributed by atoms with van der Waals surface area (Å²) in [4.78, 5) is 13.0. The van der Waals surface area contributed by atoms with Crippen LogP contribution in [0, 0.1) is 0 Å². The molecule has 0 spiro atoms. The van der Waals surface area contributed by atoms with Gasteiger partial charge in [-0.2, -0.15) is 12.6 Å². The van der Waals surface area contributed by atoms with Gasteiger partial charge in [-0.1, -0.05) is 0 Å². The van der Waals surface area contributed by atoms with Crippen LogP contribution in [0.2, 0.25) is 0 Å². The van der Waals surface area contributed by atoms with E-state index in [0.29, 0.717) is 12.5 Å². The largest absolute Gasteiger partial charge is 0.339 e. The van der Waals surface area contributed by atoms with Crippen LogP contribution in [0.5, 0.6) is 0 Å². The summed E-state index contributed by atoms with van der Waals surface area (Å²) in [5.74, 6) is 0.245. The van der Waals surface area contributed by atoms with E-state index < -0.39 is 0 Å². The third-order valence-electron chi connectivity index (χ3n) is 1.76. The summed E-state index contributed by atoms with van der Waals surface area (Å²) in [5, 5.41) is 0.259. The second-order valence-corrected chi connectivity index (χ2v) is 3.73. The summed E-state index contributed by atoms with van der Waals surface area (Å²) < 4.78 is 0. The quantitative estimate of drug-likeness (QED) is 0.564. The molecular weight excluding hydrogens is 146 g/mol. The summed E-state index contributed by atoms with van der Waals surface area (Å²) in [6.45, 7) is 4.88. The molecule has 1 fully saturated rings. The molecule has 0 aliphatic carbocycles. The summed E-state index contributed by atoms with van der Waals surface area (Å²) in [6, 6.07) is 0.338. The predicted octanol–water partition coefficient (Wildman–Crippen LogP) is 0.925. The number of thiol groups is 1. The third kappa shape index (κ3) is 1.45. The average Bonchev–Trinajstić information content (AvgIpc) is 2.10. The Labute approximate surface area is 67.0 Å². The highest BCUT2D eigenvalue weighted by Crippen LogP contribution is 2.17. The molecule has 1 unspecified atom stereocenters. The van der Waals surface area contributed by atoms with Gasteiger partial charge in [-0.15, -0.1) is 0 Å². The van der Waals surface area contributed by atoms with Gasteiger partial charge in [0.1, 0.15) is 0 Å². The Morgan fingerprint density at radius 1 is 1.70 bits per heavy atom. The van der Waals surface area contributed by atoms with E-state index in [0.717, 1.165) is 6.54 Å². The molecule has 10 heavy (non-hydrogen) atoms. The van der Waals surface area contributed by atoms with E-state index in [1.165, 1.54) is 0 Å². The van der Waals surface area contributed by atoms with Crippen molar-refractivity contribution in [1.82, 2.24) is 4.90 Å². The van der Waals surface area contributed by atoms with Crippen LogP contribution in [-0.2, 0) is 4.79 Å². The number of nitrogens with zero attached hydrogens (tertiary/aromatic N) is 1. The van der Waals surface area contributed by atoms with E-state index >= 15 is 0 Å². The number of hydrogen-bond acceptors (Lipinski definition) is 2. The smallest absolute Gasteiger partial charge is 0.224 e. The van der Waals surface area contributed by atoms with E-state index in [2.05, 4.69) is 12.6 Å². The number of amides is 1. The lowest BCUT2D eigenvalue weighted by Crippen LogP contribution is -2.32. The van der Waals surface area contributed by atoms with E-state index in [1.54, 1.807) is 0 Å². The second kappa shape index (κ2) is 2.82.